The van der Waals surface area contributed by atoms with Gasteiger partial charge in [-0.1, -0.05) is 51.5 Å². The Kier molecular flexibility index (Phi) is 5.67. The van der Waals surface area contributed by atoms with Gasteiger partial charge in [0.2, 0.25) is 0 Å². The van der Waals surface area contributed by atoms with Crippen LogP contribution in [0.25, 0.3) is 5.57 Å². The van der Waals surface area contributed by atoms with Crippen molar-refractivity contribution < 1.29 is 5.11 Å². The number of allylic oxidation sites excluding steroid dienone is 5. The molecule has 1 nitrogen and oxygen atoms in total. The first-order valence-electron chi connectivity index (χ1n) is 11.0. The summed E-state index contributed by atoms with van der Waals surface area (Å²) < 4.78 is 0. The molecule has 1 N–H and O–H groups in total. The second-order valence-corrected chi connectivity index (χ2v) is 10.2. The summed E-state index contributed by atoms with van der Waals surface area (Å²) in [6, 6.07) is 4.92. The van der Waals surface area contributed by atoms with Crippen molar-refractivity contribution in [2.75, 3.05) is 0 Å². The SMILES string of the molecule is C/C=C(\C)C=C(O)C1=C(c2cc3c(cc2C)C(C)(C)CCC3(C)C)CCCC1. The van der Waals surface area contributed by atoms with Crippen LogP contribution in [0.15, 0.2) is 41.2 Å². The lowest BCUT2D eigenvalue weighted by Crippen LogP contribution is -2.34. The summed E-state index contributed by atoms with van der Waals surface area (Å²) in [6.45, 7) is 15.9. The van der Waals surface area contributed by atoms with Gasteiger partial charge in [-0.3, -0.25) is 0 Å². The average molecular weight is 379 g/mol. The van der Waals surface area contributed by atoms with E-state index in [1.54, 1.807) is 0 Å². The highest BCUT2D eigenvalue weighted by atomic mass is 16.3. The highest BCUT2D eigenvalue weighted by Gasteiger charge is 2.37. The molecule has 3 rings (SSSR count). The fourth-order valence-electron chi connectivity index (χ4n) is 4.92. The van der Waals surface area contributed by atoms with Crippen LogP contribution in [-0.4, -0.2) is 5.11 Å². The van der Waals surface area contributed by atoms with E-state index in [9.17, 15) is 5.11 Å². The molecular formula is C27H38O. The zero-order chi connectivity index (χ0) is 20.7. The predicted octanol–water partition coefficient (Wildman–Crippen LogP) is 8.08. The third-order valence-electron chi connectivity index (χ3n) is 7.12. The number of hydrogen-bond acceptors (Lipinski definition) is 1. The van der Waals surface area contributed by atoms with Crippen molar-refractivity contribution in [2.24, 2.45) is 0 Å². The lowest BCUT2D eigenvalue weighted by atomic mass is 9.62. The maximum Gasteiger partial charge on any atom is 0.119 e. The van der Waals surface area contributed by atoms with Gasteiger partial charge in [-0.15, -0.1) is 0 Å². The van der Waals surface area contributed by atoms with Crippen LogP contribution in [-0.2, 0) is 10.8 Å². The van der Waals surface area contributed by atoms with Crippen LogP contribution in [0.4, 0.5) is 0 Å². The van der Waals surface area contributed by atoms with E-state index in [1.807, 2.05) is 26.0 Å². The quantitative estimate of drug-likeness (QED) is 0.416. The summed E-state index contributed by atoms with van der Waals surface area (Å²) in [6.07, 6.45) is 10.9. The molecule has 0 saturated carbocycles. The Hall–Kier alpha value is -1.76. The molecule has 0 amide bonds. The summed E-state index contributed by atoms with van der Waals surface area (Å²) >= 11 is 0. The Balaban J connectivity index is 2.21. The molecule has 0 aliphatic heterocycles. The van der Waals surface area contributed by atoms with Gasteiger partial charge in [-0.25, -0.2) is 0 Å². The molecule has 0 atom stereocenters. The normalized spacial score (nSPS) is 22.2. The molecule has 0 unspecified atom stereocenters. The van der Waals surface area contributed by atoms with E-state index < -0.39 is 0 Å². The standard InChI is InChI=1S/C27H38O/c1-8-18(2)15-25(28)21-12-10-9-11-20(21)22-17-24-23(16-19(22)3)26(4,5)13-14-27(24,6)7/h8,15-17,28H,9-14H2,1-7H3/b18-8+,25-15?. The monoisotopic (exact) mass is 378 g/mol. The van der Waals surface area contributed by atoms with Crippen LogP contribution in [0.5, 0.6) is 0 Å². The molecule has 0 spiro atoms. The van der Waals surface area contributed by atoms with Crippen LogP contribution in [0.3, 0.4) is 0 Å². The van der Waals surface area contributed by atoms with E-state index in [-0.39, 0.29) is 10.8 Å². The second-order valence-electron chi connectivity index (χ2n) is 10.2. The Morgan fingerprint density at radius 1 is 0.964 bits per heavy atom. The van der Waals surface area contributed by atoms with Crippen molar-refractivity contribution in [1.82, 2.24) is 0 Å². The molecule has 0 aromatic heterocycles. The van der Waals surface area contributed by atoms with E-state index in [1.165, 1.54) is 47.1 Å². The predicted molar refractivity (Wildman–Crippen MR) is 122 cm³/mol. The molecule has 0 bridgehead atoms. The molecule has 1 aromatic carbocycles. The van der Waals surface area contributed by atoms with Crippen LogP contribution < -0.4 is 0 Å². The van der Waals surface area contributed by atoms with E-state index in [4.69, 9.17) is 0 Å². The summed E-state index contributed by atoms with van der Waals surface area (Å²) in [5.74, 6) is 0.460. The Morgan fingerprint density at radius 3 is 2.14 bits per heavy atom. The minimum absolute atomic E-state index is 0.210. The summed E-state index contributed by atoms with van der Waals surface area (Å²) in [5.41, 5.74) is 9.83. The van der Waals surface area contributed by atoms with Crippen molar-refractivity contribution in [1.29, 1.82) is 0 Å². The topological polar surface area (TPSA) is 20.2 Å². The van der Waals surface area contributed by atoms with Crippen LogP contribution in [0, 0.1) is 6.92 Å². The maximum atomic E-state index is 10.9. The fourth-order valence-corrected chi connectivity index (χ4v) is 4.92. The third-order valence-corrected chi connectivity index (χ3v) is 7.12. The van der Waals surface area contributed by atoms with Gasteiger partial charge < -0.3 is 5.11 Å². The number of hydrogen-bond donors (Lipinski definition) is 1. The minimum Gasteiger partial charge on any atom is -0.508 e. The number of aliphatic hydroxyl groups excluding tert-OH is 1. The first kappa shape index (κ1) is 21.0. The Labute approximate surface area is 172 Å². The lowest BCUT2D eigenvalue weighted by molar-refractivity contribution is 0.331. The van der Waals surface area contributed by atoms with Gasteiger partial charge in [-0.2, -0.15) is 0 Å². The van der Waals surface area contributed by atoms with E-state index >= 15 is 0 Å². The molecule has 28 heavy (non-hydrogen) atoms. The third kappa shape index (κ3) is 3.86. The first-order valence-corrected chi connectivity index (χ1v) is 11.0. The van der Waals surface area contributed by atoms with Gasteiger partial charge in [0.05, 0.1) is 0 Å². The molecule has 0 saturated heterocycles. The fraction of sp³-hybridized carbons (Fsp3) is 0.556. The molecule has 2 aliphatic carbocycles. The Bertz CT molecular complexity index is 858. The van der Waals surface area contributed by atoms with Crippen molar-refractivity contribution in [3.8, 4) is 0 Å². The number of fused-ring (bicyclic) bond motifs is 1. The first-order chi connectivity index (χ1) is 13.1. The van der Waals surface area contributed by atoms with Crippen molar-refractivity contribution in [2.45, 2.75) is 97.8 Å². The van der Waals surface area contributed by atoms with Crippen LogP contribution in [0.1, 0.15) is 102 Å². The minimum atomic E-state index is 0.210. The number of rotatable bonds is 3. The van der Waals surface area contributed by atoms with Crippen molar-refractivity contribution in [3.05, 3.63) is 63.4 Å². The van der Waals surface area contributed by atoms with Gasteiger partial charge in [0.1, 0.15) is 5.76 Å². The summed E-state index contributed by atoms with van der Waals surface area (Å²) in [5, 5.41) is 10.9. The summed E-state index contributed by atoms with van der Waals surface area (Å²) in [7, 11) is 0. The van der Waals surface area contributed by atoms with Gasteiger partial charge >= 0.3 is 0 Å². The molecule has 0 fully saturated rings. The molecule has 0 radical (unpaired) electrons. The van der Waals surface area contributed by atoms with Gasteiger partial charge in [0.25, 0.3) is 0 Å². The Morgan fingerprint density at radius 2 is 1.54 bits per heavy atom. The number of aryl methyl sites for hydroxylation is 1. The highest BCUT2D eigenvalue weighted by molar-refractivity contribution is 5.76. The second kappa shape index (κ2) is 7.58. The van der Waals surface area contributed by atoms with E-state index in [0.717, 1.165) is 30.4 Å². The molecule has 1 heteroatoms. The summed E-state index contributed by atoms with van der Waals surface area (Å²) in [4.78, 5) is 0. The van der Waals surface area contributed by atoms with Gasteiger partial charge in [-0.05, 0) is 110 Å². The van der Waals surface area contributed by atoms with Crippen molar-refractivity contribution >= 4 is 5.57 Å². The molecule has 1 aromatic rings. The number of aliphatic hydroxyl groups is 1. The molecule has 2 aliphatic rings. The van der Waals surface area contributed by atoms with E-state index in [0.29, 0.717) is 5.76 Å². The lowest BCUT2D eigenvalue weighted by Gasteiger charge is -2.42. The highest BCUT2D eigenvalue weighted by Crippen LogP contribution is 2.48. The van der Waals surface area contributed by atoms with Crippen LogP contribution in [0.2, 0.25) is 0 Å². The largest absolute Gasteiger partial charge is 0.508 e. The maximum absolute atomic E-state index is 10.9. The zero-order valence-electron chi connectivity index (χ0n) is 19.0. The average Bonchev–Trinajstić information content (AvgIpc) is 2.65. The number of benzene rings is 1. The zero-order valence-corrected chi connectivity index (χ0v) is 19.0. The van der Waals surface area contributed by atoms with Gasteiger partial charge in [0, 0.05) is 0 Å². The van der Waals surface area contributed by atoms with Gasteiger partial charge in [0.15, 0.2) is 0 Å². The molecular weight excluding hydrogens is 340 g/mol. The molecule has 0 heterocycles. The van der Waals surface area contributed by atoms with Crippen LogP contribution >= 0.6 is 0 Å². The smallest absolute Gasteiger partial charge is 0.119 e. The van der Waals surface area contributed by atoms with Crippen molar-refractivity contribution in [3.63, 3.8) is 0 Å². The molecule has 152 valence electrons. The van der Waals surface area contributed by atoms with E-state index in [2.05, 4.69) is 46.8 Å².